The van der Waals surface area contributed by atoms with E-state index in [-0.39, 0.29) is 17.6 Å². The zero-order chi connectivity index (χ0) is 13.8. The van der Waals surface area contributed by atoms with Crippen molar-refractivity contribution in [2.24, 2.45) is 0 Å². The van der Waals surface area contributed by atoms with E-state index >= 15 is 0 Å². The Morgan fingerprint density at radius 2 is 2.21 bits per heavy atom. The number of nitro groups is 1. The minimum Gasteiger partial charge on any atom is -0.334 e. The van der Waals surface area contributed by atoms with Gasteiger partial charge in [0.1, 0.15) is 5.56 Å². The van der Waals surface area contributed by atoms with Crippen molar-refractivity contribution < 1.29 is 9.45 Å². The third kappa shape index (κ3) is 2.94. The summed E-state index contributed by atoms with van der Waals surface area (Å²) in [5.41, 5.74) is 0.294. The van der Waals surface area contributed by atoms with Crippen LogP contribution in [0, 0.1) is 10.1 Å². The Labute approximate surface area is 109 Å². The molecule has 0 radical (unpaired) electrons. The zero-order valence-corrected chi connectivity index (χ0v) is 10.7. The van der Waals surface area contributed by atoms with Crippen LogP contribution in [0.3, 0.4) is 0 Å². The predicted molar refractivity (Wildman–Crippen MR) is 68.6 cm³/mol. The molecular formula is C12H14N4O3. The highest BCUT2D eigenvalue weighted by Gasteiger charge is 2.20. The van der Waals surface area contributed by atoms with E-state index in [2.05, 4.69) is 15.5 Å². The molecule has 7 heteroatoms. The van der Waals surface area contributed by atoms with Crippen molar-refractivity contribution in [3.8, 4) is 11.5 Å². The van der Waals surface area contributed by atoms with E-state index in [1.54, 1.807) is 18.2 Å². The Balaban J connectivity index is 2.30. The first-order valence-electron chi connectivity index (χ1n) is 5.85. The van der Waals surface area contributed by atoms with Crippen LogP contribution >= 0.6 is 0 Å². The summed E-state index contributed by atoms with van der Waals surface area (Å²) in [5.74, 6) is 0.695. The minimum atomic E-state index is -0.463. The van der Waals surface area contributed by atoms with E-state index < -0.39 is 4.92 Å². The normalized spacial score (nSPS) is 12.3. The largest absolute Gasteiger partial charge is 0.334 e. The van der Waals surface area contributed by atoms with E-state index in [9.17, 15) is 10.1 Å². The van der Waals surface area contributed by atoms with Gasteiger partial charge in [-0.3, -0.25) is 10.1 Å². The number of hydrogen-bond acceptors (Lipinski definition) is 6. The zero-order valence-electron chi connectivity index (χ0n) is 10.7. The van der Waals surface area contributed by atoms with Crippen LogP contribution in [0.15, 0.2) is 28.8 Å². The minimum absolute atomic E-state index is 0.0423. The molecule has 0 fully saturated rings. The van der Waals surface area contributed by atoms with E-state index in [0.29, 0.717) is 17.8 Å². The van der Waals surface area contributed by atoms with Crippen LogP contribution in [0.4, 0.5) is 5.69 Å². The maximum absolute atomic E-state index is 10.9. The summed E-state index contributed by atoms with van der Waals surface area (Å²) in [4.78, 5) is 14.7. The molecule has 0 amide bonds. The molecule has 100 valence electrons. The van der Waals surface area contributed by atoms with Gasteiger partial charge in [-0.25, -0.2) is 0 Å². The summed E-state index contributed by atoms with van der Waals surface area (Å²) in [6.07, 6.45) is 0.598. The quantitative estimate of drug-likeness (QED) is 0.652. The molecule has 1 heterocycles. The first kappa shape index (κ1) is 13.2. The smallest absolute Gasteiger partial charge is 0.282 e. The summed E-state index contributed by atoms with van der Waals surface area (Å²) in [5, 5.41) is 17.8. The molecule has 1 unspecified atom stereocenters. The maximum atomic E-state index is 10.9. The molecule has 0 aliphatic heterocycles. The molecule has 1 atom stereocenters. The van der Waals surface area contributed by atoms with E-state index in [4.69, 9.17) is 4.52 Å². The second-order valence-electron chi connectivity index (χ2n) is 4.18. The lowest BCUT2D eigenvalue weighted by Crippen LogP contribution is -2.24. The number of para-hydroxylation sites is 1. The Kier molecular flexibility index (Phi) is 3.86. The third-order valence-corrected chi connectivity index (χ3v) is 2.78. The molecule has 1 aromatic carbocycles. The second-order valence-corrected chi connectivity index (χ2v) is 4.18. The fourth-order valence-electron chi connectivity index (χ4n) is 1.64. The van der Waals surface area contributed by atoms with E-state index in [0.717, 1.165) is 0 Å². The lowest BCUT2D eigenvalue weighted by Gasteiger charge is -2.04. The molecule has 0 aliphatic carbocycles. The summed E-state index contributed by atoms with van der Waals surface area (Å²) >= 11 is 0. The number of aromatic nitrogens is 2. The molecule has 0 bridgehead atoms. The number of nitrogens with zero attached hydrogens (tertiary/aromatic N) is 3. The Hall–Kier alpha value is -2.28. The topological polar surface area (TPSA) is 94.1 Å². The van der Waals surface area contributed by atoms with Crippen LogP contribution in [0.2, 0.25) is 0 Å². The number of hydrogen-bond donors (Lipinski definition) is 1. The third-order valence-electron chi connectivity index (χ3n) is 2.78. The van der Waals surface area contributed by atoms with Gasteiger partial charge in [-0.05, 0) is 20.0 Å². The average molecular weight is 262 g/mol. The van der Waals surface area contributed by atoms with Gasteiger partial charge in [0, 0.05) is 18.5 Å². The first-order valence-corrected chi connectivity index (χ1v) is 5.85. The predicted octanol–water partition coefficient (Wildman–Crippen LogP) is 1.80. The van der Waals surface area contributed by atoms with Crippen molar-refractivity contribution in [1.82, 2.24) is 15.5 Å². The number of likely N-dealkylation sites (N-methyl/N-ethyl adjacent to an activating group) is 1. The molecule has 1 aromatic heterocycles. The lowest BCUT2D eigenvalue weighted by molar-refractivity contribution is -0.384. The fraction of sp³-hybridized carbons (Fsp3) is 0.333. The van der Waals surface area contributed by atoms with Crippen LogP contribution in [0.1, 0.15) is 12.7 Å². The first-order chi connectivity index (χ1) is 9.11. The Morgan fingerprint density at radius 1 is 1.47 bits per heavy atom. The van der Waals surface area contributed by atoms with Crippen molar-refractivity contribution >= 4 is 5.69 Å². The number of nitro benzene ring substituents is 1. The van der Waals surface area contributed by atoms with Crippen molar-refractivity contribution in [2.45, 2.75) is 19.4 Å². The van der Waals surface area contributed by atoms with Gasteiger partial charge in [-0.1, -0.05) is 17.3 Å². The van der Waals surface area contributed by atoms with E-state index in [1.807, 2.05) is 14.0 Å². The molecule has 19 heavy (non-hydrogen) atoms. The Bertz CT molecular complexity index is 582. The molecule has 0 spiro atoms. The Morgan fingerprint density at radius 3 is 2.89 bits per heavy atom. The maximum Gasteiger partial charge on any atom is 0.282 e. The lowest BCUT2D eigenvalue weighted by atomic mass is 10.2. The van der Waals surface area contributed by atoms with Gasteiger partial charge in [0.15, 0.2) is 5.82 Å². The van der Waals surface area contributed by atoms with Gasteiger partial charge < -0.3 is 9.84 Å². The highest BCUT2D eigenvalue weighted by atomic mass is 16.6. The van der Waals surface area contributed by atoms with Gasteiger partial charge in [-0.15, -0.1) is 0 Å². The molecule has 1 N–H and O–H groups in total. The second kappa shape index (κ2) is 5.57. The van der Waals surface area contributed by atoms with Crippen LogP contribution in [-0.2, 0) is 6.42 Å². The molecule has 0 saturated heterocycles. The van der Waals surface area contributed by atoms with Gasteiger partial charge in [0.05, 0.1) is 4.92 Å². The summed E-state index contributed by atoms with van der Waals surface area (Å²) in [6, 6.07) is 6.51. The highest BCUT2D eigenvalue weighted by molar-refractivity contribution is 5.66. The van der Waals surface area contributed by atoms with Gasteiger partial charge >= 0.3 is 0 Å². The highest BCUT2D eigenvalue weighted by Crippen LogP contribution is 2.27. The van der Waals surface area contributed by atoms with Crippen LogP contribution < -0.4 is 5.32 Å². The summed E-state index contributed by atoms with van der Waals surface area (Å²) in [7, 11) is 1.84. The molecule has 0 aliphatic rings. The monoisotopic (exact) mass is 262 g/mol. The standard InChI is InChI=1S/C12H14N4O3/c1-8(13-2)7-11-14-12(19-15-11)9-5-3-4-6-10(9)16(17)18/h3-6,8,13H,7H2,1-2H3. The van der Waals surface area contributed by atoms with Crippen molar-refractivity contribution in [2.75, 3.05) is 7.05 Å². The van der Waals surface area contributed by atoms with Crippen molar-refractivity contribution in [3.63, 3.8) is 0 Å². The van der Waals surface area contributed by atoms with Crippen molar-refractivity contribution in [1.29, 1.82) is 0 Å². The average Bonchev–Trinajstić information content (AvgIpc) is 2.86. The SMILES string of the molecule is CNC(C)Cc1noc(-c2ccccc2[N+](=O)[O-])n1. The van der Waals surface area contributed by atoms with Crippen LogP contribution in [-0.4, -0.2) is 28.2 Å². The molecule has 7 nitrogen and oxygen atoms in total. The van der Waals surface area contributed by atoms with Crippen LogP contribution in [0.5, 0.6) is 0 Å². The van der Waals surface area contributed by atoms with Gasteiger partial charge in [0.2, 0.25) is 0 Å². The molecule has 2 rings (SSSR count). The molecular weight excluding hydrogens is 248 g/mol. The summed E-state index contributed by atoms with van der Waals surface area (Å²) in [6.45, 7) is 1.99. The van der Waals surface area contributed by atoms with Gasteiger partial charge in [0.25, 0.3) is 11.6 Å². The number of nitrogens with one attached hydrogen (secondary N) is 1. The van der Waals surface area contributed by atoms with Crippen LogP contribution in [0.25, 0.3) is 11.5 Å². The van der Waals surface area contributed by atoms with E-state index in [1.165, 1.54) is 6.07 Å². The molecule has 2 aromatic rings. The summed E-state index contributed by atoms with van der Waals surface area (Å²) < 4.78 is 5.09. The molecule has 0 saturated carbocycles. The van der Waals surface area contributed by atoms with Crippen molar-refractivity contribution in [3.05, 3.63) is 40.2 Å². The number of rotatable bonds is 5. The fourth-order valence-corrected chi connectivity index (χ4v) is 1.64. The van der Waals surface area contributed by atoms with Gasteiger partial charge in [-0.2, -0.15) is 4.98 Å². The number of benzene rings is 1.